The summed E-state index contributed by atoms with van der Waals surface area (Å²) < 4.78 is 65.5. The minimum absolute atomic E-state index is 0.0168. The van der Waals surface area contributed by atoms with Crippen LogP contribution in [0.5, 0.6) is 5.75 Å². The van der Waals surface area contributed by atoms with Crippen LogP contribution in [0.15, 0.2) is 47.4 Å². The fraction of sp³-hybridized carbons (Fsp3) is 0.278. The minimum atomic E-state index is -4.71. The van der Waals surface area contributed by atoms with Crippen molar-refractivity contribution in [3.05, 3.63) is 58.6 Å². The van der Waals surface area contributed by atoms with Crippen molar-refractivity contribution in [2.75, 3.05) is 26.2 Å². The van der Waals surface area contributed by atoms with E-state index in [9.17, 15) is 31.5 Å². The fourth-order valence-electron chi connectivity index (χ4n) is 2.97. The lowest BCUT2D eigenvalue weighted by Crippen LogP contribution is -2.50. The van der Waals surface area contributed by atoms with E-state index in [4.69, 9.17) is 11.6 Å². The van der Waals surface area contributed by atoms with E-state index in [1.807, 2.05) is 0 Å². The molecular formula is C18H16ClF3N2O4S. The van der Waals surface area contributed by atoms with E-state index in [2.05, 4.69) is 0 Å². The second kappa shape index (κ2) is 7.85. The fourth-order valence-corrected chi connectivity index (χ4v) is 4.90. The Morgan fingerprint density at radius 1 is 1.03 bits per heavy atom. The number of phenols is 1. The molecule has 0 aliphatic carbocycles. The zero-order valence-electron chi connectivity index (χ0n) is 14.9. The van der Waals surface area contributed by atoms with Crippen molar-refractivity contribution in [3.63, 3.8) is 0 Å². The number of halogens is 4. The molecule has 1 fully saturated rings. The van der Waals surface area contributed by atoms with Gasteiger partial charge < -0.3 is 10.0 Å². The predicted octanol–water partition coefficient (Wildman–Crippen LogP) is 3.21. The zero-order valence-corrected chi connectivity index (χ0v) is 16.4. The lowest BCUT2D eigenvalue weighted by molar-refractivity contribution is -0.137. The molecule has 3 rings (SSSR count). The number of para-hydroxylation sites is 1. The van der Waals surface area contributed by atoms with E-state index in [1.165, 1.54) is 17.0 Å². The second-order valence-corrected chi connectivity index (χ2v) is 8.67. The molecule has 0 unspecified atom stereocenters. The van der Waals surface area contributed by atoms with E-state index in [0.717, 1.165) is 10.4 Å². The van der Waals surface area contributed by atoms with Crippen LogP contribution in [0.3, 0.4) is 0 Å². The predicted molar refractivity (Wildman–Crippen MR) is 99.2 cm³/mol. The zero-order chi connectivity index (χ0) is 21.4. The molecule has 6 nitrogen and oxygen atoms in total. The van der Waals surface area contributed by atoms with Gasteiger partial charge in [-0.2, -0.15) is 17.5 Å². The van der Waals surface area contributed by atoms with Crippen LogP contribution in [0.4, 0.5) is 13.2 Å². The molecule has 1 saturated heterocycles. The normalized spacial score (nSPS) is 16.1. The maximum Gasteiger partial charge on any atom is 0.416 e. The van der Waals surface area contributed by atoms with Crippen LogP contribution in [-0.2, 0) is 16.2 Å². The first-order chi connectivity index (χ1) is 13.5. The molecule has 2 aromatic rings. The number of alkyl halides is 3. The summed E-state index contributed by atoms with van der Waals surface area (Å²) in [5.74, 6) is -0.652. The quantitative estimate of drug-likeness (QED) is 0.782. The lowest BCUT2D eigenvalue weighted by atomic mass is 10.1. The molecule has 1 aliphatic heterocycles. The van der Waals surface area contributed by atoms with Crippen LogP contribution in [0.1, 0.15) is 15.9 Å². The van der Waals surface area contributed by atoms with Crippen molar-refractivity contribution >= 4 is 27.5 Å². The van der Waals surface area contributed by atoms with Crippen molar-refractivity contribution in [3.8, 4) is 5.75 Å². The van der Waals surface area contributed by atoms with Gasteiger partial charge in [-0.25, -0.2) is 8.42 Å². The van der Waals surface area contributed by atoms with Crippen molar-refractivity contribution in [2.24, 2.45) is 0 Å². The Bertz CT molecular complexity index is 1040. The molecule has 1 N–H and O–H groups in total. The maximum absolute atomic E-state index is 12.9. The number of carbonyl (C=O) groups excluding carboxylic acids is 1. The molecule has 1 heterocycles. The molecule has 0 spiro atoms. The smallest absolute Gasteiger partial charge is 0.416 e. The number of sulfonamides is 1. The number of amides is 1. The summed E-state index contributed by atoms with van der Waals surface area (Å²) in [5, 5.41) is 9.49. The van der Waals surface area contributed by atoms with Gasteiger partial charge in [0, 0.05) is 26.2 Å². The van der Waals surface area contributed by atoms with E-state index in [0.29, 0.717) is 12.1 Å². The first kappa shape index (κ1) is 21.4. The molecule has 0 aromatic heterocycles. The maximum atomic E-state index is 12.9. The van der Waals surface area contributed by atoms with Gasteiger partial charge in [0.2, 0.25) is 10.0 Å². The molecule has 29 heavy (non-hydrogen) atoms. The Labute approximate surface area is 170 Å². The van der Waals surface area contributed by atoms with Gasteiger partial charge in [0.05, 0.1) is 16.1 Å². The number of piperazine rings is 1. The Balaban J connectivity index is 1.79. The molecule has 2 aromatic carbocycles. The highest BCUT2D eigenvalue weighted by Gasteiger charge is 2.36. The topological polar surface area (TPSA) is 77.9 Å². The van der Waals surface area contributed by atoms with Gasteiger partial charge in [-0.15, -0.1) is 0 Å². The van der Waals surface area contributed by atoms with E-state index >= 15 is 0 Å². The summed E-state index contributed by atoms with van der Waals surface area (Å²) in [6.45, 7) is -0.200. The molecule has 0 atom stereocenters. The lowest BCUT2D eigenvalue weighted by Gasteiger charge is -2.34. The second-order valence-electron chi connectivity index (χ2n) is 6.36. The molecule has 0 bridgehead atoms. The largest absolute Gasteiger partial charge is 0.507 e. The highest BCUT2D eigenvalue weighted by Crippen LogP contribution is 2.34. The monoisotopic (exact) mass is 448 g/mol. The molecule has 0 radical (unpaired) electrons. The third-order valence-electron chi connectivity index (χ3n) is 4.54. The third-order valence-corrected chi connectivity index (χ3v) is 6.92. The summed E-state index contributed by atoms with van der Waals surface area (Å²) in [6, 6.07) is 8.09. The summed E-state index contributed by atoms with van der Waals surface area (Å²) in [4.78, 5) is 13.2. The van der Waals surface area contributed by atoms with Crippen LogP contribution in [0.25, 0.3) is 0 Å². The number of hydrogen-bond donors (Lipinski definition) is 1. The highest BCUT2D eigenvalue weighted by atomic mass is 35.5. The standard InChI is InChI=1S/C18H16ClF3N2O4S/c19-14-6-5-12(18(20,21)22)11-16(14)29(27,28)24-9-7-23(8-10-24)17(26)13-3-1-2-4-15(13)25/h1-6,11,25H,7-10H2. The average molecular weight is 449 g/mol. The molecule has 11 heteroatoms. The molecule has 1 aliphatic rings. The van der Waals surface area contributed by atoms with Crippen LogP contribution >= 0.6 is 11.6 Å². The number of benzene rings is 2. The van der Waals surface area contributed by atoms with Crippen LogP contribution < -0.4 is 0 Å². The van der Waals surface area contributed by atoms with E-state index < -0.39 is 32.6 Å². The molecule has 156 valence electrons. The Hall–Kier alpha value is -2.30. The van der Waals surface area contributed by atoms with Gasteiger partial charge in [-0.05, 0) is 30.3 Å². The number of nitrogens with zero attached hydrogens (tertiary/aromatic N) is 2. The number of hydrogen-bond acceptors (Lipinski definition) is 4. The summed E-state index contributed by atoms with van der Waals surface area (Å²) in [6.07, 6.45) is -4.71. The van der Waals surface area contributed by atoms with Crippen LogP contribution in [0, 0.1) is 0 Å². The van der Waals surface area contributed by atoms with E-state index in [1.54, 1.807) is 12.1 Å². The highest BCUT2D eigenvalue weighted by molar-refractivity contribution is 7.89. The first-order valence-electron chi connectivity index (χ1n) is 8.46. The minimum Gasteiger partial charge on any atom is -0.507 e. The number of aromatic hydroxyl groups is 1. The SMILES string of the molecule is O=C(c1ccccc1O)N1CCN(S(=O)(=O)c2cc(C(F)(F)F)ccc2Cl)CC1. The molecular weight excluding hydrogens is 433 g/mol. The Kier molecular flexibility index (Phi) is 5.79. The van der Waals surface area contributed by atoms with E-state index in [-0.39, 0.29) is 42.5 Å². The number of rotatable bonds is 3. The van der Waals surface area contributed by atoms with Gasteiger partial charge in [0.1, 0.15) is 10.6 Å². The summed E-state index contributed by atoms with van der Waals surface area (Å²) in [5.41, 5.74) is -1.03. The van der Waals surface area contributed by atoms with Crippen molar-refractivity contribution in [2.45, 2.75) is 11.1 Å². The average Bonchev–Trinajstić information content (AvgIpc) is 2.67. The van der Waals surface area contributed by atoms with Crippen LogP contribution in [0.2, 0.25) is 5.02 Å². The van der Waals surface area contributed by atoms with Gasteiger partial charge in [-0.3, -0.25) is 4.79 Å². The Morgan fingerprint density at radius 2 is 1.66 bits per heavy atom. The summed E-state index contributed by atoms with van der Waals surface area (Å²) in [7, 11) is -4.28. The van der Waals surface area contributed by atoms with Gasteiger partial charge in [-0.1, -0.05) is 23.7 Å². The number of phenolic OH excluding ortho intramolecular Hbond substituents is 1. The van der Waals surface area contributed by atoms with Gasteiger partial charge in [0.15, 0.2) is 0 Å². The van der Waals surface area contributed by atoms with Gasteiger partial charge in [0.25, 0.3) is 5.91 Å². The van der Waals surface area contributed by atoms with Crippen molar-refractivity contribution in [1.82, 2.24) is 9.21 Å². The Morgan fingerprint density at radius 3 is 2.24 bits per heavy atom. The molecule has 1 amide bonds. The van der Waals surface area contributed by atoms with Crippen molar-refractivity contribution < 1.29 is 31.5 Å². The van der Waals surface area contributed by atoms with Crippen LogP contribution in [-0.4, -0.2) is 54.8 Å². The van der Waals surface area contributed by atoms with Gasteiger partial charge >= 0.3 is 6.18 Å². The summed E-state index contributed by atoms with van der Waals surface area (Å²) >= 11 is 5.86. The first-order valence-corrected chi connectivity index (χ1v) is 10.3. The van der Waals surface area contributed by atoms with Crippen molar-refractivity contribution in [1.29, 1.82) is 0 Å². The number of carbonyl (C=O) groups is 1. The molecule has 0 saturated carbocycles. The third kappa shape index (κ3) is 4.34.